The summed E-state index contributed by atoms with van der Waals surface area (Å²) in [6.07, 6.45) is 4.25. The third kappa shape index (κ3) is 3.68. The molecule has 2 aliphatic rings. The van der Waals surface area contributed by atoms with Crippen LogP contribution in [0.4, 0.5) is 10.3 Å². The van der Waals surface area contributed by atoms with E-state index in [2.05, 4.69) is 29.4 Å². The van der Waals surface area contributed by atoms with E-state index in [1.165, 1.54) is 11.3 Å². The molecule has 24 heavy (non-hydrogen) atoms. The van der Waals surface area contributed by atoms with Crippen LogP contribution in [0, 0.1) is 5.92 Å². The summed E-state index contributed by atoms with van der Waals surface area (Å²) in [6.45, 7) is 6.54. The number of rotatable bonds is 6. The van der Waals surface area contributed by atoms with Gasteiger partial charge in [0.1, 0.15) is 6.04 Å². The number of nitrogens with one attached hydrogen (secondary N) is 1. The summed E-state index contributed by atoms with van der Waals surface area (Å²) >= 11 is 1.41. The number of hydrogen-bond donors (Lipinski definition) is 1. The Morgan fingerprint density at radius 2 is 2.08 bits per heavy atom. The van der Waals surface area contributed by atoms with Crippen molar-refractivity contribution in [2.75, 3.05) is 29.4 Å². The van der Waals surface area contributed by atoms with Crippen LogP contribution in [-0.4, -0.2) is 47.7 Å². The van der Waals surface area contributed by atoms with Gasteiger partial charge in [0.15, 0.2) is 0 Å². The molecule has 3 rings (SSSR count). The Morgan fingerprint density at radius 3 is 2.79 bits per heavy atom. The minimum atomic E-state index is -0.174. The van der Waals surface area contributed by atoms with Crippen molar-refractivity contribution in [3.8, 4) is 0 Å². The van der Waals surface area contributed by atoms with Crippen LogP contribution < -0.4 is 15.1 Å². The van der Waals surface area contributed by atoms with E-state index in [4.69, 9.17) is 0 Å². The van der Waals surface area contributed by atoms with E-state index in [1.807, 2.05) is 4.90 Å². The van der Waals surface area contributed by atoms with Crippen molar-refractivity contribution in [2.45, 2.75) is 52.0 Å². The average molecular weight is 351 g/mol. The number of nitrogens with zero attached hydrogens (tertiary/aromatic N) is 4. The number of hydrogen-bond acceptors (Lipinski definition) is 6. The van der Waals surface area contributed by atoms with Crippen molar-refractivity contribution >= 4 is 33.4 Å². The molecule has 0 aromatic carbocycles. The van der Waals surface area contributed by atoms with Gasteiger partial charge < -0.3 is 10.2 Å². The van der Waals surface area contributed by atoms with Gasteiger partial charge in [-0.1, -0.05) is 25.2 Å². The van der Waals surface area contributed by atoms with Gasteiger partial charge in [-0.15, -0.1) is 10.2 Å². The second kappa shape index (κ2) is 7.46. The molecule has 2 saturated heterocycles. The minimum absolute atomic E-state index is 0.0714. The topological polar surface area (TPSA) is 78.4 Å². The largest absolute Gasteiger partial charge is 0.354 e. The van der Waals surface area contributed by atoms with Gasteiger partial charge in [0.2, 0.25) is 22.1 Å². The molecule has 0 aliphatic carbocycles. The van der Waals surface area contributed by atoms with Crippen molar-refractivity contribution < 1.29 is 9.59 Å². The Morgan fingerprint density at radius 1 is 1.29 bits per heavy atom. The third-order valence-electron chi connectivity index (χ3n) is 4.53. The van der Waals surface area contributed by atoms with Gasteiger partial charge in [0.05, 0.1) is 0 Å². The monoisotopic (exact) mass is 351 g/mol. The van der Waals surface area contributed by atoms with Gasteiger partial charge in [0, 0.05) is 26.1 Å². The van der Waals surface area contributed by atoms with E-state index in [0.29, 0.717) is 30.6 Å². The first kappa shape index (κ1) is 17.1. The molecule has 1 atom stereocenters. The molecule has 0 spiro atoms. The Labute approximate surface area is 146 Å². The fourth-order valence-electron chi connectivity index (χ4n) is 3.15. The minimum Gasteiger partial charge on any atom is -0.354 e. The molecule has 2 fully saturated rings. The standard InChI is InChI=1S/C16H25N5O2S/c1-11(2)7-8-17-14(23)12-5-3-9-20(12)15-18-19-16(24-15)21-10-4-6-13(21)22/h11-12H,3-10H2,1-2H3,(H,17,23)/t12-/m1/s1. The summed E-state index contributed by atoms with van der Waals surface area (Å²) in [4.78, 5) is 28.0. The fraction of sp³-hybridized carbons (Fsp3) is 0.750. The van der Waals surface area contributed by atoms with Gasteiger partial charge >= 0.3 is 0 Å². The smallest absolute Gasteiger partial charge is 0.242 e. The molecule has 7 nitrogen and oxygen atoms in total. The molecule has 3 heterocycles. The van der Waals surface area contributed by atoms with E-state index in [9.17, 15) is 9.59 Å². The van der Waals surface area contributed by atoms with Gasteiger partial charge in [-0.2, -0.15) is 0 Å². The SMILES string of the molecule is CC(C)CCNC(=O)[C@H]1CCCN1c1nnc(N2CCCC2=O)s1. The Kier molecular flexibility index (Phi) is 5.33. The van der Waals surface area contributed by atoms with E-state index < -0.39 is 0 Å². The lowest BCUT2D eigenvalue weighted by Crippen LogP contribution is -2.43. The summed E-state index contributed by atoms with van der Waals surface area (Å²) in [6, 6.07) is -0.174. The predicted octanol–water partition coefficient (Wildman–Crippen LogP) is 1.80. The molecule has 0 bridgehead atoms. The van der Waals surface area contributed by atoms with E-state index >= 15 is 0 Å². The zero-order valence-corrected chi connectivity index (χ0v) is 15.1. The molecule has 8 heteroatoms. The van der Waals surface area contributed by atoms with Crippen LogP contribution in [0.5, 0.6) is 0 Å². The summed E-state index contributed by atoms with van der Waals surface area (Å²) in [5, 5.41) is 12.8. The summed E-state index contributed by atoms with van der Waals surface area (Å²) in [7, 11) is 0. The van der Waals surface area contributed by atoms with Gasteiger partial charge in [-0.05, 0) is 31.6 Å². The number of anilines is 2. The Bertz CT molecular complexity index is 603. The molecular weight excluding hydrogens is 326 g/mol. The molecule has 1 aromatic heterocycles. The van der Waals surface area contributed by atoms with Crippen LogP contribution in [-0.2, 0) is 9.59 Å². The molecule has 2 amide bonds. The first-order valence-corrected chi connectivity index (χ1v) is 9.56. The first-order valence-electron chi connectivity index (χ1n) is 8.74. The fourth-order valence-corrected chi connectivity index (χ4v) is 4.12. The third-order valence-corrected chi connectivity index (χ3v) is 5.51. The maximum atomic E-state index is 12.5. The van der Waals surface area contributed by atoms with Crippen LogP contribution in [0.25, 0.3) is 0 Å². The lowest BCUT2D eigenvalue weighted by Gasteiger charge is -2.22. The number of aromatic nitrogens is 2. The van der Waals surface area contributed by atoms with Crippen molar-refractivity contribution in [2.24, 2.45) is 5.92 Å². The second-order valence-electron chi connectivity index (χ2n) is 6.84. The normalized spacial score (nSPS) is 21.1. The second-order valence-corrected chi connectivity index (χ2v) is 7.78. The van der Waals surface area contributed by atoms with Crippen molar-refractivity contribution in [3.05, 3.63) is 0 Å². The van der Waals surface area contributed by atoms with E-state index in [0.717, 1.165) is 37.4 Å². The quantitative estimate of drug-likeness (QED) is 0.845. The van der Waals surface area contributed by atoms with Crippen molar-refractivity contribution in [3.63, 3.8) is 0 Å². The molecule has 2 aliphatic heterocycles. The maximum Gasteiger partial charge on any atom is 0.242 e. The van der Waals surface area contributed by atoms with Crippen LogP contribution >= 0.6 is 11.3 Å². The molecule has 1 N–H and O–H groups in total. The highest BCUT2D eigenvalue weighted by atomic mass is 32.1. The molecule has 1 aromatic rings. The molecule has 0 unspecified atom stereocenters. The van der Waals surface area contributed by atoms with Crippen LogP contribution in [0.2, 0.25) is 0 Å². The van der Waals surface area contributed by atoms with Crippen molar-refractivity contribution in [1.82, 2.24) is 15.5 Å². The highest BCUT2D eigenvalue weighted by molar-refractivity contribution is 7.19. The molecule has 0 saturated carbocycles. The molecule has 0 radical (unpaired) electrons. The van der Waals surface area contributed by atoms with E-state index in [-0.39, 0.29) is 17.9 Å². The molecule has 132 valence electrons. The van der Waals surface area contributed by atoms with Gasteiger partial charge in [-0.25, -0.2) is 0 Å². The Balaban J connectivity index is 1.64. The van der Waals surface area contributed by atoms with Crippen LogP contribution in [0.3, 0.4) is 0 Å². The lowest BCUT2D eigenvalue weighted by molar-refractivity contribution is -0.122. The highest BCUT2D eigenvalue weighted by Crippen LogP contribution is 2.33. The summed E-state index contributed by atoms with van der Waals surface area (Å²) < 4.78 is 0. The van der Waals surface area contributed by atoms with Crippen molar-refractivity contribution in [1.29, 1.82) is 0 Å². The number of amides is 2. The number of carbonyl (C=O) groups is 2. The molecular formula is C16H25N5O2S. The zero-order valence-electron chi connectivity index (χ0n) is 14.3. The highest BCUT2D eigenvalue weighted by Gasteiger charge is 2.34. The zero-order chi connectivity index (χ0) is 17.1. The average Bonchev–Trinajstić information content (AvgIpc) is 3.25. The lowest BCUT2D eigenvalue weighted by atomic mass is 10.1. The first-order chi connectivity index (χ1) is 11.6. The number of carbonyl (C=O) groups excluding carboxylic acids is 2. The van der Waals surface area contributed by atoms with Gasteiger partial charge in [0.25, 0.3) is 0 Å². The maximum absolute atomic E-state index is 12.5. The van der Waals surface area contributed by atoms with Crippen LogP contribution in [0.15, 0.2) is 0 Å². The van der Waals surface area contributed by atoms with Gasteiger partial charge in [-0.3, -0.25) is 14.5 Å². The van der Waals surface area contributed by atoms with E-state index in [1.54, 1.807) is 4.90 Å². The summed E-state index contributed by atoms with van der Waals surface area (Å²) in [5.74, 6) is 0.762. The Hall–Kier alpha value is -1.70. The van der Waals surface area contributed by atoms with Crippen LogP contribution in [0.1, 0.15) is 46.0 Å². The predicted molar refractivity (Wildman–Crippen MR) is 94.3 cm³/mol. The summed E-state index contributed by atoms with van der Waals surface area (Å²) in [5.41, 5.74) is 0.